The summed E-state index contributed by atoms with van der Waals surface area (Å²) in [4.78, 5) is 25.7. The van der Waals surface area contributed by atoms with Crippen molar-refractivity contribution in [2.24, 2.45) is 5.92 Å². The molecule has 1 aliphatic carbocycles. The van der Waals surface area contributed by atoms with E-state index in [1.165, 1.54) is 6.07 Å². The molecule has 96 valence electrons. The molecule has 6 nitrogen and oxygen atoms in total. The van der Waals surface area contributed by atoms with Crippen molar-refractivity contribution in [3.63, 3.8) is 0 Å². The highest BCUT2D eigenvalue weighted by molar-refractivity contribution is 6.29. The number of carbonyl (C=O) groups is 1. The number of amides is 1. The lowest BCUT2D eigenvalue weighted by Gasteiger charge is -2.05. The molecule has 2 rings (SSSR count). The average Bonchev–Trinajstić information content (AvgIpc) is 3.06. The Morgan fingerprint density at radius 1 is 1.72 bits per heavy atom. The van der Waals surface area contributed by atoms with Gasteiger partial charge >= 0.3 is 0 Å². The molecule has 0 aliphatic heterocycles. The summed E-state index contributed by atoms with van der Waals surface area (Å²) < 4.78 is 0. The van der Waals surface area contributed by atoms with Gasteiger partial charge in [-0.2, -0.15) is 0 Å². The molecular weight excluding hydrogens is 258 g/mol. The number of pyridine rings is 1. The van der Waals surface area contributed by atoms with E-state index in [0.29, 0.717) is 5.92 Å². The molecule has 0 radical (unpaired) electrons. The zero-order valence-electron chi connectivity index (χ0n) is 9.72. The highest BCUT2D eigenvalue weighted by Gasteiger charge is 2.37. The van der Waals surface area contributed by atoms with Gasteiger partial charge in [-0.15, -0.1) is 0 Å². The summed E-state index contributed by atoms with van der Waals surface area (Å²) in [6.45, 7) is 2.04. The summed E-state index contributed by atoms with van der Waals surface area (Å²) >= 11 is 5.66. The monoisotopic (exact) mass is 269 g/mol. The van der Waals surface area contributed by atoms with Crippen molar-refractivity contribution in [2.75, 3.05) is 0 Å². The highest BCUT2D eigenvalue weighted by Crippen LogP contribution is 2.33. The molecule has 1 aromatic rings. The fourth-order valence-corrected chi connectivity index (χ4v) is 2.03. The van der Waals surface area contributed by atoms with Crippen LogP contribution in [0.5, 0.6) is 0 Å². The fourth-order valence-electron chi connectivity index (χ4n) is 1.87. The van der Waals surface area contributed by atoms with Crippen LogP contribution in [0.1, 0.15) is 30.1 Å². The molecular formula is C11H12ClN3O3. The molecule has 0 saturated heterocycles. The molecule has 0 bridgehead atoms. The van der Waals surface area contributed by atoms with Gasteiger partial charge in [0.2, 0.25) is 0 Å². The Balaban J connectivity index is 2.18. The topological polar surface area (TPSA) is 85.1 Å². The highest BCUT2D eigenvalue weighted by atomic mass is 35.5. The third-order valence-corrected chi connectivity index (χ3v) is 3.26. The normalized spacial score (nSPS) is 21.4. The lowest BCUT2D eigenvalue weighted by molar-refractivity contribution is -0.385. The van der Waals surface area contributed by atoms with Gasteiger partial charge < -0.3 is 5.32 Å². The van der Waals surface area contributed by atoms with Crippen LogP contribution in [0.4, 0.5) is 5.69 Å². The molecule has 0 spiro atoms. The van der Waals surface area contributed by atoms with E-state index >= 15 is 0 Å². The Bertz CT molecular complexity index is 506. The summed E-state index contributed by atoms with van der Waals surface area (Å²) in [6, 6.07) is 1.34. The summed E-state index contributed by atoms with van der Waals surface area (Å²) in [6.07, 6.45) is 2.92. The van der Waals surface area contributed by atoms with Crippen molar-refractivity contribution < 1.29 is 9.72 Å². The number of hydrogen-bond acceptors (Lipinski definition) is 4. The quantitative estimate of drug-likeness (QED) is 0.516. The standard InChI is InChI=1S/C11H12ClN3O3/c1-2-6-3-8(6)14-11(16)7-4-10(12)13-5-9(7)15(17)18/h4-6,8H,2-3H2,1H3,(H,14,16). The van der Waals surface area contributed by atoms with Crippen molar-refractivity contribution in [2.45, 2.75) is 25.8 Å². The number of rotatable bonds is 4. The predicted octanol–water partition coefficient (Wildman–Crippen LogP) is 2.17. The van der Waals surface area contributed by atoms with E-state index in [0.717, 1.165) is 19.0 Å². The van der Waals surface area contributed by atoms with Gasteiger partial charge in [0, 0.05) is 6.04 Å². The molecule has 1 N–H and O–H groups in total. The van der Waals surface area contributed by atoms with E-state index in [9.17, 15) is 14.9 Å². The Labute approximate surface area is 109 Å². The minimum absolute atomic E-state index is 0.0400. The molecule has 7 heteroatoms. The fraction of sp³-hybridized carbons (Fsp3) is 0.455. The molecule has 2 unspecified atom stereocenters. The third kappa shape index (κ3) is 2.59. The summed E-state index contributed by atoms with van der Waals surface area (Å²) in [5, 5.41) is 13.6. The molecule has 18 heavy (non-hydrogen) atoms. The first-order chi connectivity index (χ1) is 8.52. The maximum atomic E-state index is 11.9. The van der Waals surface area contributed by atoms with Gasteiger partial charge in [-0.3, -0.25) is 14.9 Å². The summed E-state index contributed by atoms with van der Waals surface area (Å²) in [5.41, 5.74) is -0.368. The molecule has 1 heterocycles. The van der Waals surface area contributed by atoms with Gasteiger partial charge in [-0.1, -0.05) is 24.9 Å². The van der Waals surface area contributed by atoms with Crippen LogP contribution < -0.4 is 5.32 Å². The lowest BCUT2D eigenvalue weighted by Crippen LogP contribution is -2.27. The second kappa shape index (κ2) is 4.89. The molecule has 0 aromatic carbocycles. The van der Waals surface area contributed by atoms with E-state index in [1.807, 2.05) is 6.92 Å². The average molecular weight is 270 g/mol. The number of nitro groups is 1. The van der Waals surface area contributed by atoms with Gasteiger partial charge in [0.1, 0.15) is 16.9 Å². The number of nitrogens with zero attached hydrogens (tertiary/aromatic N) is 2. The van der Waals surface area contributed by atoms with E-state index in [2.05, 4.69) is 10.3 Å². The van der Waals surface area contributed by atoms with Crippen molar-refractivity contribution in [3.8, 4) is 0 Å². The van der Waals surface area contributed by atoms with Crippen molar-refractivity contribution in [1.29, 1.82) is 0 Å². The third-order valence-electron chi connectivity index (χ3n) is 3.05. The van der Waals surface area contributed by atoms with Crippen LogP contribution in [0.15, 0.2) is 12.3 Å². The van der Waals surface area contributed by atoms with Crippen molar-refractivity contribution in [3.05, 3.63) is 33.1 Å². The lowest BCUT2D eigenvalue weighted by atomic mass is 10.2. The van der Waals surface area contributed by atoms with E-state index < -0.39 is 10.8 Å². The largest absolute Gasteiger partial charge is 0.349 e. The van der Waals surface area contributed by atoms with Gasteiger partial charge in [0.05, 0.1) is 4.92 Å². The summed E-state index contributed by atoms with van der Waals surface area (Å²) in [5.74, 6) is 0.0114. The second-order valence-electron chi connectivity index (χ2n) is 4.27. The smallest absolute Gasteiger partial charge is 0.300 e. The van der Waals surface area contributed by atoms with E-state index in [4.69, 9.17) is 11.6 Å². The summed E-state index contributed by atoms with van der Waals surface area (Å²) in [7, 11) is 0. The van der Waals surface area contributed by atoms with Crippen LogP contribution in [0.25, 0.3) is 0 Å². The van der Waals surface area contributed by atoms with E-state index in [-0.39, 0.29) is 22.4 Å². The molecule has 1 saturated carbocycles. The first kappa shape index (κ1) is 12.8. The number of carbonyl (C=O) groups excluding carboxylic acids is 1. The van der Waals surface area contributed by atoms with Gasteiger partial charge in [-0.25, -0.2) is 4.98 Å². The number of hydrogen-bond donors (Lipinski definition) is 1. The van der Waals surface area contributed by atoms with Crippen LogP contribution >= 0.6 is 11.6 Å². The van der Waals surface area contributed by atoms with E-state index in [1.54, 1.807) is 0 Å². The maximum absolute atomic E-state index is 11.9. The molecule has 1 amide bonds. The number of nitrogens with one attached hydrogen (secondary N) is 1. The van der Waals surface area contributed by atoms with Gasteiger partial charge in [0.15, 0.2) is 0 Å². The van der Waals surface area contributed by atoms with Gasteiger partial charge in [0.25, 0.3) is 11.6 Å². The first-order valence-electron chi connectivity index (χ1n) is 5.63. The molecule has 2 atom stereocenters. The predicted molar refractivity (Wildman–Crippen MR) is 65.6 cm³/mol. The number of aromatic nitrogens is 1. The zero-order valence-corrected chi connectivity index (χ0v) is 10.5. The van der Waals surface area contributed by atoms with Crippen LogP contribution in [0.3, 0.4) is 0 Å². The maximum Gasteiger partial charge on any atom is 0.300 e. The minimum Gasteiger partial charge on any atom is -0.349 e. The van der Waals surface area contributed by atoms with Crippen LogP contribution in [0.2, 0.25) is 5.15 Å². The first-order valence-corrected chi connectivity index (χ1v) is 6.01. The second-order valence-corrected chi connectivity index (χ2v) is 4.65. The van der Waals surface area contributed by atoms with Crippen molar-refractivity contribution >= 4 is 23.2 Å². The van der Waals surface area contributed by atoms with Crippen molar-refractivity contribution in [1.82, 2.24) is 10.3 Å². The van der Waals surface area contributed by atoms with Crippen LogP contribution in [-0.2, 0) is 0 Å². The van der Waals surface area contributed by atoms with Gasteiger partial charge in [-0.05, 0) is 18.4 Å². The number of halogens is 1. The Morgan fingerprint density at radius 3 is 3.00 bits per heavy atom. The SMILES string of the molecule is CCC1CC1NC(=O)c1cc(Cl)ncc1[N+](=O)[O-]. The Hall–Kier alpha value is -1.69. The zero-order chi connectivity index (χ0) is 13.3. The van der Waals surface area contributed by atoms with Crippen LogP contribution in [-0.4, -0.2) is 21.9 Å². The van der Waals surface area contributed by atoms with Crippen LogP contribution in [0, 0.1) is 16.0 Å². The Kier molecular flexibility index (Phi) is 3.47. The molecule has 1 aliphatic rings. The molecule has 1 aromatic heterocycles. The minimum atomic E-state index is -0.636. The Morgan fingerprint density at radius 2 is 2.44 bits per heavy atom. The molecule has 1 fully saturated rings.